The molecule has 0 spiro atoms. The highest BCUT2D eigenvalue weighted by molar-refractivity contribution is 5.96. The summed E-state index contributed by atoms with van der Waals surface area (Å²) in [7, 11) is 1.48. The van der Waals surface area contributed by atoms with Crippen LogP contribution in [0.5, 0.6) is 11.5 Å². The van der Waals surface area contributed by atoms with Gasteiger partial charge in [0.2, 0.25) is 0 Å². The smallest absolute Gasteiger partial charge is 0.314 e. The van der Waals surface area contributed by atoms with Gasteiger partial charge in [-0.05, 0) is 31.0 Å². The number of carbonyl (C=O) groups excluding carboxylic acids is 2. The molecular weight excluding hydrogens is 324 g/mol. The van der Waals surface area contributed by atoms with Crippen LogP contribution in [0.4, 0.5) is 0 Å². The molecule has 2 aromatic rings. The van der Waals surface area contributed by atoms with Crippen LogP contribution in [0.25, 0.3) is 11.3 Å². The van der Waals surface area contributed by atoms with Crippen molar-refractivity contribution in [3.05, 3.63) is 23.9 Å². The van der Waals surface area contributed by atoms with Crippen LogP contribution in [0.1, 0.15) is 42.6 Å². The zero-order valence-electron chi connectivity index (χ0n) is 13.9. The predicted octanol–water partition coefficient (Wildman–Crippen LogP) is 2.06. The number of aromatic nitrogens is 3. The van der Waals surface area contributed by atoms with Crippen LogP contribution >= 0.6 is 0 Å². The molecule has 25 heavy (non-hydrogen) atoms. The number of rotatable bonds is 5. The second-order valence-corrected chi connectivity index (χ2v) is 6.01. The molecule has 8 nitrogen and oxygen atoms in total. The number of nitrogens with one attached hydrogen (secondary N) is 1. The first-order valence-electron chi connectivity index (χ1n) is 8.21. The number of methoxy groups -OCH3 is 1. The molecule has 3 N–H and O–H groups in total. The van der Waals surface area contributed by atoms with E-state index in [0.29, 0.717) is 22.8 Å². The van der Waals surface area contributed by atoms with Gasteiger partial charge in [0.15, 0.2) is 17.2 Å². The molecule has 0 saturated heterocycles. The summed E-state index contributed by atoms with van der Waals surface area (Å²) in [5, 5.41) is 10.1. The van der Waals surface area contributed by atoms with Crippen molar-refractivity contribution in [3.8, 4) is 22.8 Å². The molecule has 0 atom stereocenters. The maximum atomic E-state index is 12.3. The van der Waals surface area contributed by atoms with Gasteiger partial charge in [-0.3, -0.25) is 9.59 Å². The number of aromatic amines is 1. The normalized spacial score (nSPS) is 14.9. The molecule has 0 aliphatic heterocycles. The third kappa shape index (κ3) is 3.62. The van der Waals surface area contributed by atoms with Gasteiger partial charge in [-0.25, -0.2) is 0 Å². The summed E-state index contributed by atoms with van der Waals surface area (Å²) in [4.78, 5) is 23.7. The summed E-state index contributed by atoms with van der Waals surface area (Å²) in [6, 6.07) is 4.93. The van der Waals surface area contributed by atoms with E-state index in [1.165, 1.54) is 13.5 Å². The van der Waals surface area contributed by atoms with Crippen molar-refractivity contribution in [1.29, 1.82) is 0 Å². The molecule has 1 aliphatic rings. The van der Waals surface area contributed by atoms with E-state index < -0.39 is 5.91 Å². The van der Waals surface area contributed by atoms with Gasteiger partial charge < -0.3 is 15.2 Å². The Morgan fingerprint density at radius 3 is 2.60 bits per heavy atom. The first-order chi connectivity index (χ1) is 12.1. The molecule has 8 heteroatoms. The Bertz CT molecular complexity index is 781. The van der Waals surface area contributed by atoms with Crippen molar-refractivity contribution in [1.82, 2.24) is 15.4 Å². The molecule has 132 valence electrons. The number of esters is 1. The highest BCUT2D eigenvalue weighted by atomic mass is 16.6. The number of nitrogens with two attached hydrogens (primary N) is 1. The third-order valence-corrected chi connectivity index (χ3v) is 4.37. The predicted molar refractivity (Wildman–Crippen MR) is 89.1 cm³/mol. The van der Waals surface area contributed by atoms with E-state index in [9.17, 15) is 9.59 Å². The first-order valence-corrected chi connectivity index (χ1v) is 8.21. The average molecular weight is 344 g/mol. The molecule has 1 heterocycles. The highest BCUT2D eigenvalue weighted by Crippen LogP contribution is 2.34. The van der Waals surface area contributed by atoms with Gasteiger partial charge in [-0.15, -0.1) is 0 Å². The van der Waals surface area contributed by atoms with Crippen molar-refractivity contribution in [2.24, 2.45) is 11.7 Å². The van der Waals surface area contributed by atoms with E-state index in [4.69, 9.17) is 15.2 Å². The summed E-state index contributed by atoms with van der Waals surface area (Å²) < 4.78 is 10.8. The topological polar surface area (TPSA) is 120 Å². The van der Waals surface area contributed by atoms with Crippen molar-refractivity contribution < 1.29 is 19.1 Å². The fraction of sp³-hybridized carbons (Fsp3) is 0.412. The van der Waals surface area contributed by atoms with Gasteiger partial charge >= 0.3 is 5.97 Å². The van der Waals surface area contributed by atoms with E-state index in [1.54, 1.807) is 18.2 Å². The standard InChI is InChI=1S/C17H20N4O4/c1-24-13-9-11(14-15(16(18)22)20-21-19-14)7-8-12(13)25-17(23)10-5-3-2-4-6-10/h7-10H,2-6H2,1H3,(H2,18,22)(H,19,20,21). The van der Waals surface area contributed by atoms with E-state index >= 15 is 0 Å². The minimum atomic E-state index is -0.685. The van der Waals surface area contributed by atoms with Gasteiger partial charge in [0.05, 0.1) is 13.0 Å². The lowest BCUT2D eigenvalue weighted by Gasteiger charge is -2.20. The van der Waals surface area contributed by atoms with E-state index in [0.717, 1.165) is 25.7 Å². The molecule has 0 radical (unpaired) electrons. The Balaban J connectivity index is 1.83. The Morgan fingerprint density at radius 2 is 1.92 bits per heavy atom. The number of amides is 1. The second kappa shape index (κ2) is 7.33. The zero-order chi connectivity index (χ0) is 17.8. The third-order valence-electron chi connectivity index (χ3n) is 4.37. The van der Waals surface area contributed by atoms with Gasteiger partial charge in [0, 0.05) is 5.56 Å². The summed E-state index contributed by atoms with van der Waals surface area (Å²) in [5.74, 6) is -0.262. The molecule has 1 aromatic carbocycles. The summed E-state index contributed by atoms with van der Waals surface area (Å²) in [5.41, 5.74) is 6.22. The molecule has 0 bridgehead atoms. The van der Waals surface area contributed by atoms with Crippen molar-refractivity contribution in [2.75, 3.05) is 7.11 Å². The maximum Gasteiger partial charge on any atom is 0.314 e. The quantitative estimate of drug-likeness (QED) is 0.633. The van der Waals surface area contributed by atoms with Gasteiger partial charge in [-0.1, -0.05) is 19.3 Å². The average Bonchev–Trinajstić information content (AvgIpc) is 3.13. The fourth-order valence-electron chi connectivity index (χ4n) is 3.03. The Kier molecular flexibility index (Phi) is 4.97. The van der Waals surface area contributed by atoms with Crippen LogP contribution in [0.15, 0.2) is 18.2 Å². The monoisotopic (exact) mass is 344 g/mol. The lowest BCUT2D eigenvalue weighted by molar-refractivity contribution is -0.140. The van der Waals surface area contributed by atoms with Crippen LogP contribution in [0.2, 0.25) is 0 Å². The Morgan fingerprint density at radius 1 is 1.16 bits per heavy atom. The molecule has 1 aliphatic carbocycles. The van der Waals surface area contributed by atoms with Gasteiger partial charge in [0.25, 0.3) is 5.91 Å². The number of primary amides is 1. The Hall–Kier alpha value is -2.90. The second-order valence-electron chi connectivity index (χ2n) is 6.01. The fourth-order valence-corrected chi connectivity index (χ4v) is 3.03. The summed E-state index contributed by atoms with van der Waals surface area (Å²) >= 11 is 0. The minimum Gasteiger partial charge on any atom is -0.493 e. The van der Waals surface area contributed by atoms with Crippen LogP contribution in [-0.4, -0.2) is 34.4 Å². The largest absolute Gasteiger partial charge is 0.493 e. The van der Waals surface area contributed by atoms with E-state index in [1.807, 2.05) is 0 Å². The molecule has 3 rings (SSSR count). The number of benzene rings is 1. The first kappa shape index (κ1) is 16.9. The lowest BCUT2D eigenvalue weighted by atomic mass is 9.89. The van der Waals surface area contributed by atoms with Crippen molar-refractivity contribution >= 4 is 11.9 Å². The molecule has 1 aromatic heterocycles. The molecule has 1 fully saturated rings. The zero-order valence-corrected chi connectivity index (χ0v) is 13.9. The number of nitrogens with zero attached hydrogens (tertiary/aromatic N) is 2. The van der Waals surface area contributed by atoms with Gasteiger partial charge in [-0.2, -0.15) is 15.4 Å². The molecular formula is C17H20N4O4. The SMILES string of the molecule is COc1cc(-c2n[nH]nc2C(N)=O)ccc1OC(=O)C1CCCCC1. The number of H-pyrrole nitrogens is 1. The molecule has 0 unspecified atom stereocenters. The number of hydrogen-bond acceptors (Lipinski definition) is 6. The van der Waals surface area contributed by atoms with E-state index in [2.05, 4.69) is 15.4 Å². The van der Waals surface area contributed by atoms with Crippen LogP contribution in [0.3, 0.4) is 0 Å². The summed E-state index contributed by atoms with van der Waals surface area (Å²) in [6.07, 6.45) is 5.00. The minimum absolute atomic E-state index is 0.0361. The van der Waals surface area contributed by atoms with Gasteiger partial charge in [0.1, 0.15) is 5.69 Å². The number of ether oxygens (including phenoxy) is 2. The molecule has 1 saturated carbocycles. The number of hydrogen-bond donors (Lipinski definition) is 2. The molecule has 1 amide bonds. The van der Waals surface area contributed by atoms with Crippen LogP contribution in [-0.2, 0) is 4.79 Å². The highest BCUT2D eigenvalue weighted by Gasteiger charge is 2.24. The number of carbonyl (C=O) groups is 2. The maximum absolute atomic E-state index is 12.3. The van der Waals surface area contributed by atoms with E-state index in [-0.39, 0.29) is 17.6 Å². The van der Waals surface area contributed by atoms with Crippen molar-refractivity contribution in [2.45, 2.75) is 32.1 Å². The Labute approximate surface area is 144 Å². The van der Waals surface area contributed by atoms with Crippen LogP contribution < -0.4 is 15.2 Å². The summed E-state index contributed by atoms with van der Waals surface area (Å²) in [6.45, 7) is 0. The van der Waals surface area contributed by atoms with Crippen LogP contribution in [0, 0.1) is 5.92 Å². The van der Waals surface area contributed by atoms with Crippen molar-refractivity contribution in [3.63, 3.8) is 0 Å². The lowest BCUT2D eigenvalue weighted by Crippen LogP contribution is -2.22.